The highest BCUT2D eigenvalue weighted by atomic mass is 19.1. The molecule has 0 aliphatic heterocycles. The molecule has 0 amide bonds. The van der Waals surface area contributed by atoms with Gasteiger partial charge >= 0.3 is 5.76 Å². The van der Waals surface area contributed by atoms with Crippen LogP contribution in [0.5, 0.6) is 0 Å². The van der Waals surface area contributed by atoms with Crippen molar-refractivity contribution in [2.24, 2.45) is 7.05 Å². The predicted molar refractivity (Wildman–Crippen MR) is 116 cm³/mol. The van der Waals surface area contributed by atoms with Gasteiger partial charge in [-0.05, 0) is 53.4 Å². The number of nitrogens with zero attached hydrogens (tertiary/aromatic N) is 2. The van der Waals surface area contributed by atoms with Crippen LogP contribution < -0.4 is 11.1 Å². The van der Waals surface area contributed by atoms with Crippen LogP contribution in [0.3, 0.4) is 0 Å². The summed E-state index contributed by atoms with van der Waals surface area (Å²) in [6, 6.07) is 17.2. The van der Waals surface area contributed by atoms with Crippen molar-refractivity contribution in [3.05, 3.63) is 94.0 Å². The lowest BCUT2D eigenvalue weighted by atomic mass is 9.93. The average molecular weight is 421 g/mol. The Bertz CT molecular complexity index is 1260. The van der Waals surface area contributed by atoms with Gasteiger partial charge in [0.2, 0.25) is 5.89 Å². The van der Waals surface area contributed by atoms with Gasteiger partial charge in [0, 0.05) is 30.4 Å². The molecule has 4 aromatic rings. The standard InChI is InChI=1S/C24H21F2N3O2/c1-3-17-18(6-4-7-19(17)23-28-29(2)24(30)31-23)15-10-12-16(13-11-15)27-14-20-21(25)8-5-9-22(20)26/h4-13,27H,3,14H2,1-2H3. The van der Waals surface area contributed by atoms with Crippen molar-refractivity contribution in [1.29, 1.82) is 0 Å². The molecule has 5 nitrogen and oxygen atoms in total. The number of benzene rings is 3. The number of aryl methyl sites for hydroxylation is 1. The van der Waals surface area contributed by atoms with Gasteiger partial charge in [-0.3, -0.25) is 0 Å². The summed E-state index contributed by atoms with van der Waals surface area (Å²) in [5.41, 5.74) is 4.51. The third kappa shape index (κ3) is 4.12. The number of nitrogens with one attached hydrogen (secondary N) is 1. The van der Waals surface area contributed by atoms with Crippen molar-refractivity contribution in [3.63, 3.8) is 0 Å². The van der Waals surface area contributed by atoms with Gasteiger partial charge in [0.1, 0.15) is 11.6 Å². The van der Waals surface area contributed by atoms with E-state index < -0.39 is 17.4 Å². The maximum Gasteiger partial charge on any atom is 0.437 e. The SMILES string of the molecule is CCc1c(-c2ccc(NCc3c(F)cccc3F)cc2)cccc1-c1nn(C)c(=O)o1. The third-order valence-electron chi connectivity index (χ3n) is 5.18. The van der Waals surface area contributed by atoms with Crippen LogP contribution in [-0.4, -0.2) is 9.78 Å². The van der Waals surface area contributed by atoms with E-state index in [1.54, 1.807) is 7.05 Å². The highest BCUT2D eigenvalue weighted by Gasteiger charge is 2.15. The van der Waals surface area contributed by atoms with Gasteiger partial charge in [0.25, 0.3) is 0 Å². The zero-order chi connectivity index (χ0) is 22.0. The minimum Gasteiger partial charge on any atom is -0.388 e. The Balaban J connectivity index is 1.60. The van der Waals surface area contributed by atoms with Gasteiger partial charge in [-0.1, -0.05) is 37.3 Å². The third-order valence-corrected chi connectivity index (χ3v) is 5.18. The van der Waals surface area contributed by atoms with Crippen LogP contribution in [0.25, 0.3) is 22.6 Å². The maximum absolute atomic E-state index is 13.8. The summed E-state index contributed by atoms with van der Waals surface area (Å²) < 4.78 is 34.1. The van der Waals surface area contributed by atoms with Gasteiger partial charge in [-0.25, -0.2) is 13.6 Å². The Morgan fingerprint density at radius 2 is 1.58 bits per heavy atom. The first kappa shape index (κ1) is 20.5. The van der Waals surface area contributed by atoms with E-state index in [2.05, 4.69) is 10.4 Å². The largest absolute Gasteiger partial charge is 0.437 e. The Labute approximate surface area is 178 Å². The summed E-state index contributed by atoms with van der Waals surface area (Å²) in [7, 11) is 1.55. The van der Waals surface area contributed by atoms with Crippen LogP contribution in [0.2, 0.25) is 0 Å². The smallest absolute Gasteiger partial charge is 0.388 e. The van der Waals surface area contributed by atoms with Gasteiger partial charge in [0.05, 0.1) is 0 Å². The zero-order valence-electron chi connectivity index (χ0n) is 17.2. The molecule has 1 N–H and O–H groups in total. The van der Waals surface area contributed by atoms with Crippen molar-refractivity contribution in [1.82, 2.24) is 9.78 Å². The second kappa shape index (κ2) is 8.55. The fourth-order valence-electron chi connectivity index (χ4n) is 3.55. The minimum atomic E-state index is -0.574. The van der Waals surface area contributed by atoms with Gasteiger partial charge < -0.3 is 9.73 Å². The molecule has 0 aliphatic carbocycles. The Morgan fingerprint density at radius 3 is 2.19 bits per heavy atom. The van der Waals surface area contributed by atoms with Crippen LogP contribution in [0.4, 0.5) is 14.5 Å². The van der Waals surface area contributed by atoms with E-state index >= 15 is 0 Å². The van der Waals surface area contributed by atoms with Crippen LogP contribution in [0.1, 0.15) is 18.1 Å². The predicted octanol–water partition coefficient (Wildman–Crippen LogP) is 5.16. The van der Waals surface area contributed by atoms with Gasteiger partial charge in [-0.15, -0.1) is 5.10 Å². The molecule has 0 saturated carbocycles. The van der Waals surface area contributed by atoms with Crippen molar-refractivity contribution in [2.45, 2.75) is 19.9 Å². The monoisotopic (exact) mass is 421 g/mol. The van der Waals surface area contributed by atoms with E-state index in [4.69, 9.17) is 4.42 Å². The number of hydrogen-bond acceptors (Lipinski definition) is 4. The van der Waals surface area contributed by atoms with Crippen LogP contribution in [-0.2, 0) is 20.0 Å². The molecule has 1 heterocycles. The molecule has 0 bridgehead atoms. The Kier molecular flexibility index (Phi) is 5.66. The van der Waals surface area contributed by atoms with Crippen molar-refractivity contribution >= 4 is 5.69 Å². The number of rotatable bonds is 6. The number of halogens is 2. The molecule has 0 spiro atoms. The summed E-state index contributed by atoms with van der Waals surface area (Å²) in [5.74, 6) is -1.37. The van der Waals surface area contributed by atoms with Crippen LogP contribution in [0.15, 0.2) is 69.9 Å². The molecule has 1 aromatic heterocycles. The maximum atomic E-state index is 13.8. The van der Waals surface area contributed by atoms with Crippen molar-refractivity contribution in [2.75, 3.05) is 5.32 Å². The molecule has 0 fully saturated rings. The summed E-state index contributed by atoms with van der Waals surface area (Å²) in [6.45, 7) is 2.08. The fraction of sp³-hybridized carbons (Fsp3) is 0.167. The molecule has 0 atom stereocenters. The topological polar surface area (TPSA) is 60.1 Å². The Hall–Kier alpha value is -3.74. The number of anilines is 1. The first-order valence-electron chi connectivity index (χ1n) is 9.91. The first-order chi connectivity index (χ1) is 15.0. The second-order valence-corrected chi connectivity index (χ2v) is 7.11. The molecule has 3 aromatic carbocycles. The summed E-state index contributed by atoms with van der Waals surface area (Å²) in [6.07, 6.45) is 0.721. The van der Waals surface area contributed by atoms with E-state index in [1.807, 2.05) is 49.4 Å². The van der Waals surface area contributed by atoms with Crippen LogP contribution in [0, 0.1) is 11.6 Å². The molecule has 0 radical (unpaired) electrons. The summed E-state index contributed by atoms with van der Waals surface area (Å²) in [4.78, 5) is 11.7. The Morgan fingerprint density at radius 1 is 0.935 bits per heavy atom. The van der Waals surface area contributed by atoms with E-state index in [0.29, 0.717) is 0 Å². The molecule has 4 rings (SSSR count). The molecular formula is C24H21F2N3O2. The highest BCUT2D eigenvalue weighted by molar-refractivity contribution is 5.76. The number of aromatic nitrogens is 2. The average Bonchev–Trinajstić information content (AvgIpc) is 3.11. The normalized spacial score (nSPS) is 11.0. The van der Waals surface area contributed by atoms with Crippen molar-refractivity contribution in [3.8, 4) is 22.6 Å². The van der Waals surface area contributed by atoms with E-state index in [0.717, 1.165) is 34.4 Å². The lowest BCUT2D eigenvalue weighted by molar-refractivity contribution is 0.505. The zero-order valence-corrected chi connectivity index (χ0v) is 17.2. The molecule has 158 valence electrons. The lowest BCUT2D eigenvalue weighted by Crippen LogP contribution is -2.09. The quantitative estimate of drug-likeness (QED) is 0.467. The lowest BCUT2D eigenvalue weighted by Gasteiger charge is -2.13. The summed E-state index contributed by atoms with van der Waals surface area (Å²) in [5, 5.41) is 7.23. The highest BCUT2D eigenvalue weighted by Crippen LogP contribution is 2.32. The second-order valence-electron chi connectivity index (χ2n) is 7.11. The van der Waals surface area contributed by atoms with Crippen LogP contribution >= 0.6 is 0 Å². The number of hydrogen-bond donors (Lipinski definition) is 1. The van der Waals surface area contributed by atoms with Gasteiger partial charge in [0.15, 0.2) is 0 Å². The molecule has 31 heavy (non-hydrogen) atoms. The molecule has 0 saturated heterocycles. The minimum absolute atomic E-state index is 0.00407. The molecule has 0 aliphatic rings. The first-order valence-corrected chi connectivity index (χ1v) is 9.91. The van der Waals surface area contributed by atoms with Gasteiger partial charge in [-0.2, -0.15) is 4.68 Å². The van der Waals surface area contributed by atoms with E-state index in [1.165, 1.54) is 22.9 Å². The summed E-state index contributed by atoms with van der Waals surface area (Å²) >= 11 is 0. The molecule has 0 unspecified atom stereocenters. The molecular weight excluding hydrogens is 400 g/mol. The van der Waals surface area contributed by atoms with E-state index in [-0.39, 0.29) is 18.0 Å². The molecule has 7 heteroatoms. The van der Waals surface area contributed by atoms with E-state index in [9.17, 15) is 13.6 Å². The van der Waals surface area contributed by atoms with Crippen molar-refractivity contribution < 1.29 is 13.2 Å². The fourth-order valence-corrected chi connectivity index (χ4v) is 3.55.